The summed E-state index contributed by atoms with van der Waals surface area (Å²) in [5.74, 6) is -0.126. The lowest BCUT2D eigenvalue weighted by Gasteiger charge is -2.12. The molecule has 4 heteroatoms. The van der Waals surface area contributed by atoms with E-state index in [-0.39, 0.29) is 12.0 Å². The first-order chi connectivity index (χ1) is 8.13. The maximum Gasteiger partial charge on any atom is 0.251 e. The van der Waals surface area contributed by atoms with Crippen LogP contribution < -0.4 is 11.1 Å². The van der Waals surface area contributed by atoms with Gasteiger partial charge < -0.3 is 15.8 Å². The molecule has 1 amide bonds. The number of anilines is 1. The number of nitrogens with one attached hydrogen (secondary N) is 1. The van der Waals surface area contributed by atoms with Gasteiger partial charge in [0.05, 0.1) is 12.7 Å². The van der Waals surface area contributed by atoms with Crippen LogP contribution >= 0.6 is 0 Å². The second-order valence-corrected chi connectivity index (χ2v) is 3.76. The van der Waals surface area contributed by atoms with Gasteiger partial charge in [0, 0.05) is 17.8 Å². The molecule has 0 aliphatic heterocycles. The standard InChI is InChI=1S/C13H18N2O2/c1-3-8-17-10(2)9-15-13(16)11-4-6-12(14)7-5-11/h3-7,10H,1,8-9,14H2,2H3,(H,15,16). The maximum atomic E-state index is 11.7. The van der Waals surface area contributed by atoms with Crippen molar-refractivity contribution in [1.82, 2.24) is 5.32 Å². The van der Waals surface area contributed by atoms with E-state index in [4.69, 9.17) is 10.5 Å². The first kappa shape index (κ1) is 13.3. The van der Waals surface area contributed by atoms with E-state index >= 15 is 0 Å². The molecule has 17 heavy (non-hydrogen) atoms. The molecule has 1 aromatic carbocycles. The summed E-state index contributed by atoms with van der Waals surface area (Å²) in [6, 6.07) is 6.79. The van der Waals surface area contributed by atoms with Crippen LogP contribution in [0.15, 0.2) is 36.9 Å². The number of nitrogens with two attached hydrogens (primary N) is 1. The molecule has 0 saturated carbocycles. The van der Waals surface area contributed by atoms with E-state index in [9.17, 15) is 4.79 Å². The summed E-state index contributed by atoms with van der Waals surface area (Å²) in [6.45, 7) is 6.41. The number of carbonyl (C=O) groups excluding carboxylic acids is 1. The van der Waals surface area contributed by atoms with Gasteiger partial charge in [0.25, 0.3) is 5.91 Å². The summed E-state index contributed by atoms with van der Waals surface area (Å²) in [6.07, 6.45) is 1.64. The number of hydrogen-bond donors (Lipinski definition) is 2. The third kappa shape index (κ3) is 4.70. The normalized spacial score (nSPS) is 11.8. The predicted octanol–water partition coefficient (Wildman–Crippen LogP) is 1.59. The third-order valence-corrected chi connectivity index (χ3v) is 2.22. The molecule has 0 fully saturated rings. The number of benzene rings is 1. The van der Waals surface area contributed by atoms with E-state index in [0.29, 0.717) is 24.4 Å². The van der Waals surface area contributed by atoms with Gasteiger partial charge in [0.2, 0.25) is 0 Å². The molecule has 1 aromatic rings. The van der Waals surface area contributed by atoms with Crippen LogP contribution in [0.1, 0.15) is 17.3 Å². The van der Waals surface area contributed by atoms with Crippen LogP contribution in [0.3, 0.4) is 0 Å². The molecule has 0 heterocycles. The van der Waals surface area contributed by atoms with E-state index in [0.717, 1.165) is 0 Å². The second kappa shape index (κ2) is 6.70. The number of carbonyl (C=O) groups is 1. The number of ether oxygens (including phenoxy) is 1. The zero-order valence-corrected chi connectivity index (χ0v) is 9.98. The highest BCUT2D eigenvalue weighted by Crippen LogP contribution is 2.05. The van der Waals surface area contributed by atoms with Crippen molar-refractivity contribution in [3.8, 4) is 0 Å². The van der Waals surface area contributed by atoms with Gasteiger partial charge in [-0.1, -0.05) is 6.08 Å². The monoisotopic (exact) mass is 234 g/mol. The summed E-state index contributed by atoms with van der Waals surface area (Å²) in [4.78, 5) is 11.7. The Balaban J connectivity index is 2.39. The lowest BCUT2D eigenvalue weighted by molar-refractivity contribution is 0.0769. The first-order valence-electron chi connectivity index (χ1n) is 5.49. The Hall–Kier alpha value is -1.81. The summed E-state index contributed by atoms with van der Waals surface area (Å²) in [5.41, 5.74) is 6.78. The van der Waals surface area contributed by atoms with Crippen LogP contribution in [0, 0.1) is 0 Å². The minimum atomic E-state index is -0.126. The molecule has 1 atom stereocenters. The highest BCUT2D eigenvalue weighted by Gasteiger charge is 2.07. The molecule has 0 spiro atoms. The molecule has 0 saturated heterocycles. The Kier molecular flexibility index (Phi) is 5.23. The minimum absolute atomic E-state index is 0.0364. The first-order valence-corrected chi connectivity index (χ1v) is 5.49. The van der Waals surface area contributed by atoms with Crippen molar-refractivity contribution in [2.75, 3.05) is 18.9 Å². The molecule has 3 N–H and O–H groups in total. The Morgan fingerprint density at radius 3 is 2.76 bits per heavy atom. The zero-order chi connectivity index (χ0) is 12.7. The molecule has 0 radical (unpaired) electrons. The number of amides is 1. The second-order valence-electron chi connectivity index (χ2n) is 3.76. The lowest BCUT2D eigenvalue weighted by Crippen LogP contribution is -2.32. The van der Waals surface area contributed by atoms with Gasteiger partial charge in [-0.05, 0) is 31.2 Å². The van der Waals surface area contributed by atoms with Gasteiger partial charge in [0.15, 0.2) is 0 Å². The third-order valence-electron chi connectivity index (χ3n) is 2.22. The summed E-state index contributed by atoms with van der Waals surface area (Å²) in [7, 11) is 0. The molecule has 1 rings (SSSR count). The molecular formula is C13H18N2O2. The van der Waals surface area contributed by atoms with Crippen LogP contribution in [0.25, 0.3) is 0 Å². The molecule has 4 nitrogen and oxygen atoms in total. The highest BCUT2D eigenvalue weighted by atomic mass is 16.5. The van der Waals surface area contributed by atoms with Crippen molar-refractivity contribution < 1.29 is 9.53 Å². The number of hydrogen-bond acceptors (Lipinski definition) is 3. The van der Waals surface area contributed by atoms with Crippen molar-refractivity contribution in [3.63, 3.8) is 0 Å². The van der Waals surface area contributed by atoms with Gasteiger partial charge >= 0.3 is 0 Å². The quantitative estimate of drug-likeness (QED) is 0.580. The average molecular weight is 234 g/mol. The van der Waals surface area contributed by atoms with Gasteiger partial charge in [-0.15, -0.1) is 6.58 Å². The fourth-order valence-corrected chi connectivity index (χ4v) is 1.26. The zero-order valence-electron chi connectivity index (χ0n) is 9.98. The Bertz CT molecular complexity index is 374. The van der Waals surface area contributed by atoms with Crippen LogP contribution in [-0.2, 0) is 4.74 Å². The van der Waals surface area contributed by atoms with Crippen LogP contribution in [-0.4, -0.2) is 25.2 Å². The molecule has 0 bridgehead atoms. The number of rotatable bonds is 6. The Morgan fingerprint density at radius 2 is 2.18 bits per heavy atom. The molecule has 0 aromatic heterocycles. The van der Waals surface area contributed by atoms with Crippen LogP contribution in [0.2, 0.25) is 0 Å². The lowest BCUT2D eigenvalue weighted by atomic mass is 10.2. The SMILES string of the molecule is C=CCOC(C)CNC(=O)c1ccc(N)cc1. The van der Waals surface area contributed by atoms with E-state index < -0.39 is 0 Å². The number of nitrogen functional groups attached to an aromatic ring is 1. The van der Waals surface area contributed by atoms with E-state index in [2.05, 4.69) is 11.9 Å². The average Bonchev–Trinajstić information content (AvgIpc) is 2.34. The highest BCUT2D eigenvalue weighted by molar-refractivity contribution is 5.94. The summed E-state index contributed by atoms with van der Waals surface area (Å²) < 4.78 is 5.34. The molecular weight excluding hydrogens is 216 g/mol. The smallest absolute Gasteiger partial charge is 0.251 e. The van der Waals surface area contributed by atoms with Gasteiger partial charge in [0.1, 0.15) is 0 Å². The van der Waals surface area contributed by atoms with E-state index in [1.165, 1.54) is 0 Å². The van der Waals surface area contributed by atoms with Crippen molar-refractivity contribution >= 4 is 11.6 Å². The minimum Gasteiger partial charge on any atom is -0.399 e. The van der Waals surface area contributed by atoms with Crippen molar-refractivity contribution in [2.45, 2.75) is 13.0 Å². The van der Waals surface area contributed by atoms with Gasteiger partial charge in [-0.3, -0.25) is 4.79 Å². The summed E-state index contributed by atoms with van der Waals surface area (Å²) >= 11 is 0. The molecule has 1 unspecified atom stereocenters. The van der Waals surface area contributed by atoms with E-state index in [1.807, 2.05) is 6.92 Å². The predicted molar refractivity (Wildman–Crippen MR) is 68.8 cm³/mol. The van der Waals surface area contributed by atoms with Crippen molar-refractivity contribution in [2.24, 2.45) is 0 Å². The van der Waals surface area contributed by atoms with E-state index in [1.54, 1.807) is 30.3 Å². The largest absolute Gasteiger partial charge is 0.399 e. The Morgan fingerprint density at radius 1 is 1.53 bits per heavy atom. The van der Waals surface area contributed by atoms with Crippen LogP contribution in [0.4, 0.5) is 5.69 Å². The molecule has 0 aliphatic carbocycles. The molecule has 0 aliphatic rings. The van der Waals surface area contributed by atoms with Gasteiger partial charge in [-0.25, -0.2) is 0 Å². The fourth-order valence-electron chi connectivity index (χ4n) is 1.26. The Labute approximate surface area is 101 Å². The van der Waals surface area contributed by atoms with Crippen molar-refractivity contribution in [1.29, 1.82) is 0 Å². The van der Waals surface area contributed by atoms with Crippen LogP contribution in [0.5, 0.6) is 0 Å². The molecule has 92 valence electrons. The topological polar surface area (TPSA) is 64.3 Å². The maximum absolute atomic E-state index is 11.7. The summed E-state index contributed by atoms with van der Waals surface area (Å²) in [5, 5.41) is 2.79. The van der Waals surface area contributed by atoms with Gasteiger partial charge in [-0.2, -0.15) is 0 Å². The van der Waals surface area contributed by atoms with Crippen molar-refractivity contribution in [3.05, 3.63) is 42.5 Å². The fraction of sp³-hybridized carbons (Fsp3) is 0.308.